The van der Waals surface area contributed by atoms with Crippen molar-refractivity contribution in [2.45, 2.75) is 32.4 Å². The van der Waals surface area contributed by atoms with Gasteiger partial charge in [0.2, 0.25) is 0 Å². The third-order valence-corrected chi connectivity index (χ3v) is 4.00. The summed E-state index contributed by atoms with van der Waals surface area (Å²) in [4.78, 5) is 2.50. The van der Waals surface area contributed by atoms with E-state index in [0.29, 0.717) is 0 Å². The maximum atomic E-state index is 5.46. The Bertz CT molecular complexity index is 434. The van der Waals surface area contributed by atoms with E-state index >= 15 is 0 Å². The SMILES string of the molecule is COc1ccc(Br)cc1CN1CCCNC(C)(C)C1. The highest BCUT2D eigenvalue weighted by Crippen LogP contribution is 2.25. The van der Waals surface area contributed by atoms with E-state index in [2.05, 4.69) is 46.1 Å². The standard InChI is InChI=1S/C15H23BrN2O/c1-15(2)11-18(8-4-7-17-15)10-12-9-13(16)5-6-14(12)19-3/h5-6,9,17H,4,7-8,10-11H2,1-3H3. The molecule has 1 aliphatic heterocycles. The fourth-order valence-corrected chi connectivity index (χ4v) is 3.08. The van der Waals surface area contributed by atoms with Gasteiger partial charge < -0.3 is 10.1 Å². The number of ether oxygens (including phenoxy) is 1. The third-order valence-electron chi connectivity index (χ3n) is 3.51. The molecule has 1 fully saturated rings. The molecule has 0 radical (unpaired) electrons. The summed E-state index contributed by atoms with van der Waals surface area (Å²) in [6.45, 7) is 8.76. The second-order valence-corrected chi connectivity index (χ2v) is 6.75. The Labute approximate surface area is 124 Å². The number of hydrogen-bond donors (Lipinski definition) is 1. The average Bonchev–Trinajstić information content (AvgIpc) is 2.50. The zero-order valence-electron chi connectivity index (χ0n) is 12.0. The van der Waals surface area contributed by atoms with Crippen LogP contribution in [0.15, 0.2) is 22.7 Å². The summed E-state index contributed by atoms with van der Waals surface area (Å²) in [7, 11) is 1.74. The Kier molecular flexibility index (Phi) is 4.87. The van der Waals surface area contributed by atoms with Gasteiger partial charge in [0.05, 0.1) is 7.11 Å². The lowest BCUT2D eigenvalue weighted by Crippen LogP contribution is -2.46. The van der Waals surface area contributed by atoms with Crippen molar-refractivity contribution in [3.8, 4) is 5.75 Å². The van der Waals surface area contributed by atoms with E-state index in [1.807, 2.05) is 12.1 Å². The molecule has 1 N–H and O–H groups in total. The highest BCUT2D eigenvalue weighted by Gasteiger charge is 2.24. The first-order valence-electron chi connectivity index (χ1n) is 6.80. The molecule has 1 aromatic carbocycles. The summed E-state index contributed by atoms with van der Waals surface area (Å²) in [5.74, 6) is 0.971. The molecule has 0 bridgehead atoms. The van der Waals surface area contributed by atoms with Crippen LogP contribution < -0.4 is 10.1 Å². The van der Waals surface area contributed by atoms with E-state index in [4.69, 9.17) is 4.74 Å². The molecule has 19 heavy (non-hydrogen) atoms. The molecule has 0 spiro atoms. The van der Waals surface area contributed by atoms with Crippen LogP contribution in [0.25, 0.3) is 0 Å². The molecule has 2 rings (SSSR count). The molecule has 106 valence electrons. The number of nitrogens with one attached hydrogen (secondary N) is 1. The smallest absolute Gasteiger partial charge is 0.123 e. The Balaban J connectivity index is 2.13. The lowest BCUT2D eigenvalue weighted by molar-refractivity contribution is 0.221. The molecule has 0 aromatic heterocycles. The molecule has 1 aromatic rings. The summed E-state index contributed by atoms with van der Waals surface area (Å²) >= 11 is 3.54. The summed E-state index contributed by atoms with van der Waals surface area (Å²) in [6.07, 6.45) is 1.19. The number of nitrogens with zero attached hydrogens (tertiary/aromatic N) is 1. The Hall–Kier alpha value is -0.580. The molecule has 0 unspecified atom stereocenters. The highest BCUT2D eigenvalue weighted by atomic mass is 79.9. The van der Waals surface area contributed by atoms with Gasteiger partial charge in [-0.25, -0.2) is 0 Å². The van der Waals surface area contributed by atoms with E-state index in [1.54, 1.807) is 7.11 Å². The topological polar surface area (TPSA) is 24.5 Å². The van der Waals surface area contributed by atoms with Crippen LogP contribution in [0, 0.1) is 0 Å². The van der Waals surface area contributed by atoms with E-state index in [0.717, 1.165) is 36.4 Å². The van der Waals surface area contributed by atoms with Crippen LogP contribution in [0.3, 0.4) is 0 Å². The van der Waals surface area contributed by atoms with Gasteiger partial charge in [-0.2, -0.15) is 0 Å². The molecular formula is C15H23BrN2O. The van der Waals surface area contributed by atoms with Gasteiger partial charge in [-0.3, -0.25) is 4.90 Å². The van der Waals surface area contributed by atoms with Gasteiger partial charge in [-0.1, -0.05) is 15.9 Å². The molecule has 4 heteroatoms. The largest absolute Gasteiger partial charge is 0.496 e. The lowest BCUT2D eigenvalue weighted by Gasteiger charge is -2.30. The molecule has 1 heterocycles. The highest BCUT2D eigenvalue weighted by molar-refractivity contribution is 9.10. The zero-order valence-corrected chi connectivity index (χ0v) is 13.6. The van der Waals surface area contributed by atoms with Crippen LogP contribution in [0.4, 0.5) is 0 Å². The minimum atomic E-state index is 0.176. The summed E-state index contributed by atoms with van der Waals surface area (Å²) in [6, 6.07) is 6.21. The van der Waals surface area contributed by atoms with Crippen LogP contribution in [0.5, 0.6) is 5.75 Å². The lowest BCUT2D eigenvalue weighted by atomic mass is 10.1. The predicted molar refractivity (Wildman–Crippen MR) is 82.7 cm³/mol. The monoisotopic (exact) mass is 326 g/mol. The van der Waals surface area contributed by atoms with Crippen LogP contribution in [0.1, 0.15) is 25.8 Å². The third kappa shape index (κ3) is 4.20. The van der Waals surface area contributed by atoms with Gasteiger partial charge in [0, 0.05) is 28.7 Å². The Morgan fingerprint density at radius 1 is 1.42 bits per heavy atom. The fraction of sp³-hybridized carbons (Fsp3) is 0.600. The van der Waals surface area contributed by atoms with Gasteiger partial charge in [-0.05, 0) is 51.6 Å². The molecule has 3 nitrogen and oxygen atoms in total. The quantitative estimate of drug-likeness (QED) is 0.924. The van der Waals surface area contributed by atoms with Crippen molar-refractivity contribution in [2.75, 3.05) is 26.7 Å². The second-order valence-electron chi connectivity index (χ2n) is 5.83. The van der Waals surface area contributed by atoms with E-state index in [-0.39, 0.29) is 5.54 Å². The van der Waals surface area contributed by atoms with Crippen molar-refractivity contribution in [2.24, 2.45) is 0 Å². The molecule has 1 aliphatic rings. The number of methoxy groups -OCH3 is 1. The average molecular weight is 327 g/mol. The van der Waals surface area contributed by atoms with Gasteiger partial charge in [0.15, 0.2) is 0 Å². The van der Waals surface area contributed by atoms with Gasteiger partial charge in [0.25, 0.3) is 0 Å². The van der Waals surface area contributed by atoms with Crippen LogP contribution in [-0.2, 0) is 6.54 Å². The van der Waals surface area contributed by atoms with Crippen molar-refractivity contribution in [3.63, 3.8) is 0 Å². The van der Waals surface area contributed by atoms with Gasteiger partial charge >= 0.3 is 0 Å². The summed E-state index contributed by atoms with van der Waals surface area (Å²) in [5, 5.41) is 3.59. The number of benzene rings is 1. The van der Waals surface area contributed by atoms with Crippen molar-refractivity contribution in [1.29, 1.82) is 0 Å². The number of halogens is 1. The van der Waals surface area contributed by atoms with Crippen molar-refractivity contribution in [1.82, 2.24) is 10.2 Å². The van der Waals surface area contributed by atoms with Crippen molar-refractivity contribution >= 4 is 15.9 Å². The maximum absolute atomic E-state index is 5.46. The first-order valence-corrected chi connectivity index (χ1v) is 7.59. The zero-order chi connectivity index (χ0) is 13.9. The summed E-state index contributed by atoms with van der Waals surface area (Å²) < 4.78 is 6.57. The maximum Gasteiger partial charge on any atom is 0.123 e. The number of hydrogen-bond acceptors (Lipinski definition) is 3. The van der Waals surface area contributed by atoms with Gasteiger partial charge in [0.1, 0.15) is 5.75 Å². The van der Waals surface area contributed by atoms with E-state index in [1.165, 1.54) is 12.0 Å². The Morgan fingerprint density at radius 2 is 2.21 bits per heavy atom. The molecule has 0 saturated carbocycles. The molecule has 0 aliphatic carbocycles. The first kappa shape index (κ1) is 14.8. The number of rotatable bonds is 3. The molecule has 1 saturated heterocycles. The second kappa shape index (κ2) is 6.25. The van der Waals surface area contributed by atoms with Crippen LogP contribution in [-0.4, -0.2) is 37.2 Å². The van der Waals surface area contributed by atoms with Crippen molar-refractivity contribution < 1.29 is 4.74 Å². The van der Waals surface area contributed by atoms with E-state index in [9.17, 15) is 0 Å². The van der Waals surface area contributed by atoms with Gasteiger partial charge in [-0.15, -0.1) is 0 Å². The first-order chi connectivity index (χ1) is 9.00. The predicted octanol–water partition coefficient (Wildman–Crippen LogP) is 3.03. The normalized spacial score (nSPS) is 20.0. The van der Waals surface area contributed by atoms with Crippen LogP contribution >= 0.6 is 15.9 Å². The summed E-state index contributed by atoms with van der Waals surface area (Å²) in [5.41, 5.74) is 1.42. The van der Waals surface area contributed by atoms with E-state index < -0.39 is 0 Å². The molecule has 0 amide bonds. The Morgan fingerprint density at radius 3 is 2.95 bits per heavy atom. The fourth-order valence-electron chi connectivity index (χ4n) is 2.67. The van der Waals surface area contributed by atoms with Crippen molar-refractivity contribution in [3.05, 3.63) is 28.2 Å². The molecule has 0 atom stereocenters. The molecular weight excluding hydrogens is 304 g/mol. The minimum Gasteiger partial charge on any atom is -0.496 e. The van der Waals surface area contributed by atoms with Crippen LogP contribution in [0.2, 0.25) is 0 Å². The minimum absolute atomic E-state index is 0.176.